The van der Waals surface area contributed by atoms with Crippen LogP contribution in [0.4, 0.5) is 0 Å². The lowest BCUT2D eigenvalue weighted by Crippen LogP contribution is -2.14. The highest BCUT2D eigenvalue weighted by Gasteiger charge is 2.21. The lowest BCUT2D eigenvalue weighted by atomic mass is 9.82. The molecule has 0 amide bonds. The lowest BCUT2D eigenvalue weighted by Gasteiger charge is -2.23. The first-order valence-corrected chi connectivity index (χ1v) is 6.84. The number of rotatable bonds is 2. The number of methoxy groups -OCH3 is 1. The summed E-state index contributed by atoms with van der Waals surface area (Å²) in [7, 11) is 1.40. The predicted octanol–water partition coefficient (Wildman–Crippen LogP) is 3.66. The summed E-state index contributed by atoms with van der Waals surface area (Å²) >= 11 is 0. The van der Waals surface area contributed by atoms with Crippen LogP contribution in [0.3, 0.4) is 0 Å². The second-order valence-corrected chi connectivity index (χ2v) is 6.17. The van der Waals surface area contributed by atoms with Crippen LogP contribution in [0.1, 0.15) is 49.4 Å². The average Bonchev–Trinajstić information content (AvgIpc) is 2.80. The van der Waals surface area contributed by atoms with Crippen molar-refractivity contribution in [3.05, 3.63) is 40.5 Å². The van der Waals surface area contributed by atoms with Crippen LogP contribution in [-0.2, 0) is 27.8 Å². The average molecular weight is 258 g/mol. The standard InChI is InChI=1S/C17H22O2/c1-17(2,3)15-11-13-7-5-6-12(13)10-14(15)8-9-16(18)19-4/h8-11H,5-7H2,1-4H3/b9-8+. The zero-order valence-corrected chi connectivity index (χ0v) is 12.2. The maximum atomic E-state index is 11.3. The summed E-state index contributed by atoms with van der Waals surface area (Å²) in [5.74, 6) is -0.305. The zero-order valence-electron chi connectivity index (χ0n) is 12.2. The van der Waals surface area contributed by atoms with Gasteiger partial charge in [0.1, 0.15) is 0 Å². The van der Waals surface area contributed by atoms with E-state index in [0.717, 1.165) is 12.0 Å². The molecule has 0 fully saturated rings. The smallest absolute Gasteiger partial charge is 0.330 e. The SMILES string of the molecule is COC(=O)/C=C/c1cc2c(cc1C(C)(C)C)CCC2. The summed E-state index contributed by atoms with van der Waals surface area (Å²) in [6.45, 7) is 6.62. The fourth-order valence-corrected chi connectivity index (χ4v) is 2.66. The van der Waals surface area contributed by atoms with Gasteiger partial charge in [-0.3, -0.25) is 0 Å². The third-order valence-electron chi connectivity index (χ3n) is 3.67. The second-order valence-electron chi connectivity index (χ2n) is 6.17. The third-order valence-corrected chi connectivity index (χ3v) is 3.67. The van der Waals surface area contributed by atoms with Crippen molar-refractivity contribution in [1.82, 2.24) is 0 Å². The first-order valence-electron chi connectivity index (χ1n) is 6.84. The molecule has 0 atom stereocenters. The van der Waals surface area contributed by atoms with Crippen molar-refractivity contribution in [2.75, 3.05) is 7.11 Å². The number of carbonyl (C=O) groups is 1. The molecule has 2 rings (SSSR count). The Hall–Kier alpha value is -1.57. The molecule has 0 N–H and O–H groups in total. The van der Waals surface area contributed by atoms with Gasteiger partial charge in [0.15, 0.2) is 0 Å². The Bertz CT molecular complexity index is 519. The Labute approximate surface area is 115 Å². The fourth-order valence-electron chi connectivity index (χ4n) is 2.66. The zero-order chi connectivity index (χ0) is 14.0. The molecule has 1 aromatic rings. The van der Waals surface area contributed by atoms with Crippen molar-refractivity contribution in [2.45, 2.75) is 45.4 Å². The molecule has 2 heteroatoms. The van der Waals surface area contributed by atoms with Crippen LogP contribution in [0.2, 0.25) is 0 Å². The molecule has 0 aliphatic heterocycles. The Morgan fingerprint density at radius 1 is 1.21 bits per heavy atom. The summed E-state index contributed by atoms with van der Waals surface area (Å²) in [4.78, 5) is 11.3. The van der Waals surface area contributed by atoms with Crippen molar-refractivity contribution in [1.29, 1.82) is 0 Å². The molecule has 0 saturated heterocycles. The third kappa shape index (κ3) is 3.06. The highest BCUT2D eigenvalue weighted by molar-refractivity contribution is 5.87. The summed E-state index contributed by atoms with van der Waals surface area (Å²) in [5, 5.41) is 0. The lowest BCUT2D eigenvalue weighted by molar-refractivity contribution is -0.134. The van der Waals surface area contributed by atoms with Gasteiger partial charge < -0.3 is 4.74 Å². The Balaban J connectivity index is 2.46. The molecular weight excluding hydrogens is 236 g/mol. The molecule has 102 valence electrons. The number of carbonyl (C=O) groups excluding carboxylic acids is 1. The number of fused-ring (bicyclic) bond motifs is 1. The van der Waals surface area contributed by atoms with E-state index >= 15 is 0 Å². The largest absolute Gasteiger partial charge is 0.466 e. The van der Waals surface area contributed by atoms with Gasteiger partial charge in [-0.1, -0.05) is 32.9 Å². The number of hydrogen-bond acceptors (Lipinski definition) is 2. The predicted molar refractivity (Wildman–Crippen MR) is 78.2 cm³/mol. The van der Waals surface area contributed by atoms with Crippen LogP contribution in [0.25, 0.3) is 6.08 Å². The Morgan fingerprint density at radius 2 is 1.84 bits per heavy atom. The molecule has 1 aliphatic carbocycles. The molecule has 0 spiro atoms. The summed E-state index contributed by atoms with van der Waals surface area (Å²) in [6, 6.07) is 4.56. The molecule has 0 radical (unpaired) electrons. The van der Waals surface area contributed by atoms with E-state index in [2.05, 4.69) is 37.6 Å². The number of benzene rings is 1. The van der Waals surface area contributed by atoms with Crippen LogP contribution >= 0.6 is 0 Å². The Kier molecular flexibility index (Phi) is 3.79. The molecule has 0 aromatic heterocycles. The van der Waals surface area contributed by atoms with Gasteiger partial charge in [0.25, 0.3) is 0 Å². The van der Waals surface area contributed by atoms with Crippen molar-refractivity contribution in [3.8, 4) is 0 Å². The maximum Gasteiger partial charge on any atom is 0.330 e. The van der Waals surface area contributed by atoms with Crippen LogP contribution in [-0.4, -0.2) is 13.1 Å². The van der Waals surface area contributed by atoms with E-state index in [0.29, 0.717) is 0 Å². The number of hydrogen-bond donors (Lipinski definition) is 0. The fraction of sp³-hybridized carbons (Fsp3) is 0.471. The minimum Gasteiger partial charge on any atom is -0.466 e. The van der Waals surface area contributed by atoms with E-state index in [1.807, 2.05) is 6.08 Å². The van der Waals surface area contributed by atoms with Crippen LogP contribution < -0.4 is 0 Å². The van der Waals surface area contributed by atoms with E-state index < -0.39 is 0 Å². The Morgan fingerprint density at radius 3 is 2.42 bits per heavy atom. The maximum absolute atomic E-state index is 11.3. The highest BCUT2D eigenvalue weighted by atomic mass is 16.5. The van der Waals surface area contributed by atoms with Crippen molar-refractivity contribution in [3.63, 3.8) is 0 Å². The quantitative estimate of drug-likeness (QED) is 0.598. The number of ether oxygens (including phenoxy) is 1. The highest BCUT2D eigenvalue weighted by Crippen LogP contribution is 2.33. The molecular formula is C17H22O2. The summed E-state index contributed by atoms with van der Waals surface area (Å²) in [6.07, 6.45) is 6.96. The first-order chi connectivity index (χ1) is 8.91. The summed E-state index contributed by atoms with van der Waals surface area (Å²) < 4.78 is 4.66. The molecule has 0 heterocycles. The van der Waals surface area contributed by atoms with E-state index in [9.17, 15) is 4.79 Å². The second kappa shape index (κ2) is 5.20. The monoisotopic (exact) mass is 258 g/mol. The van der Waals surface area contributed by atoms with E-state index in [1.54, 1.807) is 0 Å². The van der Waals surface area contributed by atoms with Gasteiger partial charge in [-0.2, -0.15) is 0 Å². The minimum atomic E-state index is -0.305. The molecule has 19 heavy (non-hydrogen) atoms. The number of aryl methyl sites for hydroxylation is 2. The topological polar surface area (TPSA) is 26.3 Å². The van der Waals surface area contributed by atoms with Gasteiger partial charge in [0.2, 0.25) is 0 Å². The van der Waals surface area contributed by atoms with Gasteiger partial charge in [-0.05, 0) is 53.0 Å². The van der Waals surface area contributed by atoms with Crippen molar-refractivity contribution >= 4 is 12.0 Å². The molecule has 0 saturated carbocycles. The van der Waals surface area contributed by atoms with Crippen molar-refractivity contribution in [2.24, 2.45) is 0 Å². The van der Waals surface area contributed by atoms with Crippen molar-refractivity contribution < 1.29 is 9.53 Å². The minimum absolute atomic E-state index is 0.0768. The molecule has 1 aromatic carbocycles. The van der Waals surface area contributed by atoms with E-state index in [1.165, 1.54) is 42.7 Å². The first kappa shape index (κ1) is 13.9. The molecule has 0 bridgehead atoms. The normalized spacial score (nSPS) is 14.7. The molecule has 0 unspecified atom stereocenters. The van der Waals surface area contributed by atoms with E-state index in [-0.39, 0.29) is 11.4 Å². The van der Waals surface area contributed by atoms with Gasteiger partial charge in [-0.25, -0.2) is 4.79 Å². The van der Waals surface area contributed by atoms with Crippen LogP contribution in [0.15, 0.2) is 18.2 Å². The van der Waals surface area contributed by atoms with E-state index in [4.69, 9.17) is 0 Å². The van der Waals surface area contributed by atoms with Gasteiger partial charge in [-0.15, -0.1) is 0 Å². The molecule has 2 nitrogen and oxygen atoms in total. The van der Waals surface area contributed by atoms with Gasteiger partial charge in [0.05, 0.1) is 7.11 Å². The molecule has 1 aliphatic rings. The van der Waals surface area contributed by atoms with Gasteiger partial charge >= 0.3 is 5.97 Å². The summed E-state index contributed by atoms with van der Waals surface area (Å²) in [5.41, 5.74) is 5.41. The van der Waals surface area contributed by atoms with Crippen LogP contribution in [0.5, 0.6) is 0 Å². The van der Waals surface area contributed by atoms with Gasteiger partial charge in [0, 0.05) is 6.08 Å². The number of esters is 1. The van der Waals surface area contributed by atoms with Crippen LogP contribution in [0, 0.1) is 0 Å².